The van der Waals surface area contributed by atoms with Crippen molar-refractivity contribution < 1.29 is 23.7 Å². The van der Waals surface area contributed by atoms with Gasteiger partial charge in [-0.05, 0) is 24.1 Å². The summed E-state index contributed by atoms with van der Waals surface area (Å²) in [5, 5.41) is 0. The molecular weight excluding hydrogens is 332 g/mol. The molecule has 5 nitrogen and oxygen atoms in total. The first-order valence-corrected chi connectivity index (χ1v) is 8.88. The van der Waals surface area contributed by atoms with E-state index in [1.165, 1.54) is 0 Å². The van der Waals surface area contributed by atoms with Crippen LogP contribution in [0.2, 0.25) is 0 Å². The maximum atomic E-state index is 13.3. The number of hydrogen-bond donors (Lipinski definition) is 0. The number of hydrogen-bond acceptors (Lipinski definition) is 5. The molecule has 1 heterocycles. The largest absolute Gasteiger partial charge is 0.498 e. The smallest absolute Gasteiger partial charge is 0.231 e. The molecule has 2 unspecified atom stereocenters. The first-order chi connectivity index (χ1) is 12.5. The fourth-order valence-electron chi connectivity index (χ4n) is 6.50. The van der Waals surface area contributed by atoms with Gasteiger partial charge in [-0.15, -0.1) is 6.58 Å². The molecule has 0 bridgehead atoms. The molecule has 1 aromatic carbocycles. The van der Waals surface area contributed by atoms with Gasteiger partial charge in [-0.25, -0.2) is 0 Å². The van der Waals surface area contributed by atoms with Crippen LogP contribution < -0.4 is 9.47 Å². The lowest BCUT2D eigenvalue weighted by Gasteiger charge is -2.51. The van der Waals surface area contributed by atoms with Crippen molar-refractivity contribution in [3.8, 4) is 11.5 Å². The van der Waals surface area contributed by atoms with E-state index >= 15 is 0 Å². The molecule has 0 radical (unpaired) electrons. The minimum Gasteiger partial charge on any atom is -0.498 e. The van der Waals surface area contributed by atoms with Gasteiger partial charge in [0.2, 0.25) is 6.79 Å². The molecule has 0 aromatic heterocycles. The molecular formula is C21H22O5. The number of benzene rings is 1. The SMILES string of the molecule is C=CC[C@@]12C(=O)C=C(OC)[C@@]3(OC)C1C3(C)[C@@H]2c1ccc2c(c1)OCO2. The predicted molar refractivity (Wildman–Crippen MR) is 94.0 cm³/mol. The Labute approximate surface area is 152 Å². The van der Waals surface area contributed by atoms with Gasteiger partial charge < -0.3 is 18.9 Å². The van der Waals surface area contributed by atoms with Gasteiger partial charge in [-0.2, -0.15) is 0 Å². The zero-order valence-electron chi connectivity index (χ0n) is 15.2. The minimum atomic E-state index is -0.556. The van der Waals surface area contributed by atoms with Crippen LogP contribution in [0.25, 0.3) is 0 Å². The Morgan fingerprint density at radius 3 is 2.77 bits per heavy atom. The highest BCUT2D eigenvalue weighted by Crippen LogP contribution is 2.92. The molecule has 136 valence electrons. The standard InChI is InChI=1S/C21H22O5/c1-5-8-20-15(22)10-16(23-3)21(24-4)18(20)19(21,2)17(20)12-6-7-13-14(9-12)26-11-25-13/h5-7,9-10,17-18H,1,8,11H2,2-4H3/t17-,18?,19?,20-,21+/m0/s1. The number of allylic oxidation sites excluding steroid dienone is 2. The van der Waals surface area contributed by atoms with Gasteiger partial charge in [0.05, 0.1) is 12.5 Å². The molecule has 3 aliphatic carbocycles. The van der Waals surface area contributed by atoms with Crippen LogP contribution in [0.5, 0.6) is 11.5 Å². The van der Waals surface area contributed by atoms with Crippen molar-refractivity contribution in [3.63, 3.8) is 0 Å². The van der Waals surface area contributed by atoms with Crippen LogP contribution in [-0.4, -0.2) is 32.4 Å². The van der Waals surface area contributed by atoms with E-state index in [2.05, 4.69) is 13.5 Å². The van der Waals surface area contributed by atoms with Crippen molar-refractivity contribution in [2.24, 2.45) is 16.7 Å². The fraction of sp³-hybridized carbons (Fsp3) is 0.476. The maximum absolute atomic E-state index is 13.3. The molecule has 5 heteroatoms. The molecule has 1 aromatic rings. The summed E-state index contributed by atoms with van der Waals surface area (Å²) in [5.41, 5.74) is -0.220. The van der Waals surface area contributed by atoms with E-state index in [1.54, 1.807) is 20.3 Å². The van der Waals surface area contributed by atoms with E-state index < -0.39 is 11.0 Å². The first kappa shape index (κ1) is 15.9. The zero-order valence-corrected chi connectivity index (χ0v) is 15.2. The predicted octanol–water partition coefficient (Wildman–Crippen LogP) is 3.21. The molecule has 5 rings (SSSR count). The summed E-state index contributed by atoms with van der Waals surface area (Å²) < 4.78 is 22.7. The van der Waals surface area contributed by atoms with Crippen molar-refractivity contribution >= 4 is 5.78 Å². The van der Waals surface area contributed by atoms with E-state index in [4.69, 9.17) is 18.9 Å². The van der Waals surface area contributed by atoms with Crippen LogP contribution in [0.15, 0.2) is 42.7 Å². The quantitative estimate of drug-likeness (QED) is 0.760. The molecule has 26 heavy (non-hydrogen) atoms. The molecule has 0 saturated heterocycles. The summed E-state index contributed by atoms with van der Waals surface area (Å²) in [6.07, 6.45) is 4.10. The third-order valence-corrected chi connectivity index (χ3v) is 7.19. The Balaban J connectivity index is 1.70. The number of rotatable bonds is 5. The van der Waals surface area contributed by atoms with Gasteiger partial charge in [0, 0.05) is 30.4 Å². The molecule has 0 amide bonds. The Hall–Kier alpha value is -2.27. The van der Waals surface area contributed by atoms with Crippen molar-refractivity contribution in [2.75, 3.05) is 21.0 Å². The van der Waals surface area contributed by atoms with Crippen LogP contribution in [0.1, 0.15) is 24.8 Å². The second-order valence-electron chi connectivity index (χ2n) is 7.81. The number of carbonyl (C=O) groups excluding carboxylic acids is 1. The summed E-state index contributed by atoms with van der Waals surface area (Å²) in [6, 6.07) is 5.98. The normalized spacial score (nSPS) is 41.0. The summed E-state index contributed by atoms with van der Waals surface area (Å²) in [6.45, 7) is 6.35. The Morgan fingerprint density at radius 2 is 2.08 bits per heavy atom. The molecule has 0 spiro atoms. The van der Waals surface area contributed by atoms with E-state index in [0.29, 0.717) is 12.2 Å². The van der Waals surface area contributed by atoms with Crippen LogP contribution in [0.4, 0.5) is 0 Å². The fourth-order valence-corrected chi connectivity index (χ4v) is 6.50. The second-order valence-corrected chi connectivity index (χ2v) is 7.81. The molecule has 2 saturated carbocycles. The molecule has 4 aliphatic rings. The van der Waals surface area contributed by atoms with Crippen molar-refractivity contribution in [1.82, 2.24) is 0 Å². The Bertz CT molecular complexity index is 873. The number of ketones is 1. The number of fused-ring (bicyclic) bond motifs is 2. The first-order valence-electron chi connectivity index (χ1n) is 8.88. The molecule has 0 N–H and O–H groups in total. The Kier molecular flexibility index (Phi) is 2.89. The third kappa shape index (κ3) is 1.36. The van der Waals surface area contributed by atoms with E-state index in [0.717, 1.165) is 17.1 Å². The van der Waals surface area contributed by atoms with E-state index in [-0.39, 0.29) is 29.8 Å². The highest BCUT2D eigenvalue weighted by Gasteiger charge is 2.97. The van der Waals surface area contributed by atoms with Gasteiger partial charge in [0.15, 0.2) is 17.3 Å². The van der Waals surface area contributed by atoms with Crippen molar-refractivity contribution in [3.05, 3.63) is 48.3 Å². The van der Waals surface area contributed by atoms with Crippen molar-refractivity contribution in [2.45, 2.75) is 24.9 Å². The number of ether oxygens (including phenoxy) is 4. The summed E-state index contributed by atoms with van der Waals surface area (Å²) in [7, 11) is 3.32. The topological polar surface area (TPSA) is 54.0 Å². The van der Waals surface area contributed by atoms with Gasteiger partial charge in [-0.3, -0.25) is 4.79 Å². The van der Waals surface area contributed by atoms with Crippen LogP contribution in [-0.2, 0) is 14.3 Å². The number of methoxy groups -OCH3 is 2. The lowest BCUT2D eigenvalue weighted by Crippen LogP contribution is -2.51. The van der Waals surface area contributed by atoms with Crippen molar-refractivity contribution in [1.29, 1.82) is 0 Å². The monoisotopic (exact) mass is 354 g/mol. The summed E-state index contributed by atoms with van der Waals surface area (Å²) >= 11 is 0. The maximum Gasteiger partial charge on any atom is 0.231 e. The third-order valence-electron chi connectivity index (χ3n) is 7.19. The highest BCUT2D eigenvalue weighted by molar-refractivity contribution is 6.02. The number of carbonyl (C=O) groups is 1. The van der Waals surface area contributed by atoms with Crippen LogP contribution >= 0.6 is 0 Å². The van der Waals surface area contributed by atoms with Crippen LogP contribution in [0, 0.1) is 16.7 Å². The van der Waals surface area contributed by atoms with E-state index in [1.807, 2.05) is 24.3 Å². The summed E-state index contributed by atoms with van der Waals surface area (Å²) in [4.78, 5) is 13.3. The van der Waals surface area contributed by atoms with Gasteiger partial charge in [0.1, 0.15) is 11.4 Å². The highest BCUT2D eigenvalue weighted by atomic mass is 16.7. The molecule has 2 fully saturated rings. The molecule has 5 atom stereocenters. The zero-order chi connectivity index (χ0) is 18.3. The minimum absolute atomic E-state index is 0.00356. The van der Waals surface area contributed by atoms with Gasteiger partial charge >= 0.3 is 0 Å². The van der Waals surface area contributed by atoms with Gasteiger partial charge in [-0.1, -0.05) is 19.1 Å². The Morgan fingerprint density at radius 1 is 1.31 bits per heavy atom. The lowest BCUT2D eigenvalue weighted by atomic mass is 9.49. The average Bonchev–Trinajstić information content (AvgIpc) is 2.93. The average molecular weight is 354 g/mol. The summed E-state index contributed by atoms with van der Waals surface area (Å²) in [5.74, 6) is 2.31. The van der Waals surface area contributed by atoms with E-state index in [9.17, 15) is 4.79 Å². The van der Waals surface area contributed by atoms with Gasteiger partial charge in [0.25, 0.3) is 0 Å². The van der Waals surface area contributed by atoms with Crippen LogP contribution in [0.3, 0.4) is 0 Å². The second kappa shape index (κ2) is 4.71. The molecule has 1 aliphatic heterocycles. The lowest BCUT2D eigenvalue weighted by molar-refractivity contribution is -0.135.